The fourth-order valence-electron chi connectivity index (χ4n) is 2.41. The summed E-state index contributed by atoms with van der Waals surface area (Å²) in [7, 11) is -4.07. The number of thiophene rings is 1. The number of nitrogens with zero attached hydrogens (tertiary/aromatic N) is 1. The van der Waals surface area contributed by atoms with Crippen LogP contribution in [0.5, 0.6) is 0 Å². The Hall–Kier alpha value is -2.88. The number of carbonyl (C=O) groups excluding carboxylic acids is 1. The molecule has 1 N–H and O–H groups in total. The van der Waals surface area contributed by atoms with Gasteiger partial charge < -0.3 is 0 Å². The maximum Gasteiger partial charge on any atom is 0.289 e. The second kappa shape index (κ2) is 7.78. The SMILES string of the molecule is O=C(c1ccccc1)c1ccc(CNS(=O)(=O)c2ccccc2[N+](=O)[O-])s1. The number of nitro benzene ring substituents is 1. The standard InChI is InChI=1S/C18H14N2O5S2/c21-18(13-6-2-1-3-7-13)16-11-10-14(26-16)12-19-27(24,25)17-9-5-4-8-15(17)20(22)23/h1-11,19H,12H2. The molecule has 0 aliphatic heterocycles. The molecule has 9 heteroatoms. The summed E-state index contributed by atoms with van der Waals surface area (Å²) in [4.78, 5) is 23.4. The monoisotopic (exact) mass is 402 g/mol. The average molecular weight is 402 g/mol. The minimum Gasteiger partial charge on any atom is -0.288 e. The second-order valence-electron chi connectivity index (χ2n) is 5.51. The van der Waals surface area contributed by atoms with Gasteiger partial charge in [-0.05, 0) is 18.2 Å². The highest BCUT2D eigenvalue weighted by atomic mass is 32.2. The van der Waals surface area contributed by atoms with Crippen LogP contribution in [-0.4, -0.2) is 19.1 Å². The molecule has 0 saturated carbocycles. The van der Waals surface area contributed by atoms with E-state index in [0.29, 0.717) is 15.3 Å². The minimum atomic E-state index is -4.07. The van der Waals surface area contributed by atoms with Gasteiger partial charge in [-0.25, -0.2) is 13.1 Å². The number of benzene rings is 2. The fraction of sp³-hybridized carbons (Fsp3) is 0.0556. The highest BCUT2D eigenvalue weighted by Gasteiger charge is 2.25. The Bertz CT molecular complexity index is 1090. The Balaban J connectivity index is 1.75. The van der Waals surface area contributed by atoms with Crippen molar-refractivity contribution < 1.29 is 18.1 Å². The van der Waals surface area contributed by atoms with Gasteiger partial charge in [-0.3, -0.25) is 14.9 Å². The van der Waals surface area contributed by atoms with Gasteiger partial charge in [-0.15, -0.1) is 11.3 Å². The molecular formula is C18H14N2O5S2. The normalized spacial score (nSPS) is 11.3. The van der Waals surface area contributed by atoms with Crippen LogP contribution in [0.3, 0.4) is 0 Å². The number of nitrogens with one attached hydrogen (secondary N) is 1. The maximum absolute atomic E-state index is 12.4. The highest BCUT2D eigenvalue weighted by molar-refractivity contribution is 7.89. The smallest absolute Gasteiger partial charge is 0.288 e. The molecule has 138 valence electrons. The van der Waals surface area contributed by atoms with E-state index >= 15 is 0 Å². The van der Waals surface area contributed by atoms with Crippen LogP contribution < -0.4 is 4.72 Å². The molecule has 0 fully saturated rings. The van der Waals surface area contributed by atoms with Gasteiger partial charge in [0.1, 0.15) is 0 Å². The molecule has 3 aromatic rings. The molecule has 27 heavy (non-hydrogen) atoms. The Morgan fingerprint density at radius 2 is 1.67 bits per heavy atom. The van der Waals surface area contributed by atoms with Crippen molar-refractivity contribution in [2.45, 2.75) is 11.4 Å². The zero-order chi connectivity index (χ0) is 19.4. The van der Waals surface area contributed by atoms with E-state index in [-0.39, 0.29) is 12.3 Å². The van der Waals surface area contributed by atoms with E-state index in [9.17, 15) is 23.3 Å². The molecule has 0 radical (unpaired) electrons. The molecule has 0 unspecified atom stereocenters. The first kappa shape index (κ1) is 18.9. The Morgan fingerprint density at radius 1 is 1.00 bits per heavy atom. The lowest BCUT2D eigenvalue weighted by Gasteiger charge is -2.06. The van der Waals surface area contributed by atoms with E-state index in [1.165, 1.54) is 29.5 Å². The van der Waals surface area contributed by atoms with Crippen LogP contribution in [0.15, 0.2) is 71.6 Å². The van der Waals surface area contributed by atoms with Crippen molar-refractivity contribution in [2.24, 2.45) is 0 Å². The molecule has 1 aromatic heterocycles. The number of carbonyl (C=O) groups is 1. The molecule has 0 spiro atoms. The first-order valence-corrected chi connectivity index (χ1v) is 10.1. The summed E-state index contributed by atoms with van der Waals surface area (Å²) in [6.07, 6.45) is 0. The van der Waals surface area contributed by atoms with Gasteiger partial charge in [0, 0.05) is 23.1 Å². The predicted molar refractivity (Wildman–Crippen MR) is 101 cm³/mol. The number of hydrogen-bond acceptors (Lipinski definition) is 6. The van der Waals surface area contributed by atoms with Crippen molar-refractivity contribution >= 4 is 32.8 Å². The first-order valence-electron chi connectivity index (χ1n) is 7.80. The van der Waals surface area contributed by atoms with Gasteiger partial charge in [0.05, 0.1) is 9.80 Å². The van der Waals surface area contributed by atoms with E-state index < -0.39 is 25.5 Å². The predicted octanol–water partition coefficient (Wildman–Crippen LogP) is 3.37. The Morgan fingerprint density at radius 3 is 2.37 bits per heavy atom. The number of ketones is 1. The third kappa shape index (κ3) is 4.27. The van der Waals surface area contributed by atoms with Crippen LogP contribution >= 0.6 is 11.3 Å². The summed E-state index contributed by atoms with van der Waals surface area (Å²) < 4.78 is 27.2. The van der Waals surface area contributed by atoms with Gasteiger partial charge in [0.25, 0.3) is 5.69 Å². The molecule has 0 aliphatic carbocycles. The van der Waals surface area contributed by atoms with Crippen molar-refractivity contribution in [2.75, 3.05) is 0 Å². The number of para-hydroxylation sites is 1. The van der Waals surface area contributed by atoms with Crippen LogP contribution in [0.25, 0.3) is 0 Å². The zero-order valence-corrected chi connectivity index (χ0v) is 15.5. The maximum atomic E-state index is 12.4. The van der Waals surface area contributed by atoms with Gasteiger partial charge in [0.2, 0.25) is 15.8 Å². The van der Waals surface area contributed by atoms with E-state index in [1.807, 2.05) is 6.07 Å². The van der Waals surface area contributed by atoms with Gasteiger partial charge in [-0.2, -0.15) is 0 Å². The summed E-state index contributed by atoms with van der Waals surface area (Å²) in [5.74, 6) is -0.145. The second-order valence-corrected chi connectivity index (χ2v) is 8.41. The fourth-order valence-corrected chi connectivity index (χ4v) is 4.58. The number of nitro groups is 1. The van der Waals surface area contributed by atoms with Crippen LogP contribution in [0.4, 0.5) is 5.69 Å². The molecule has 0 aliphatic rings. The molecule has 0 bridgehead atoms. The molecule has 3 rings (SSSR count). The number of sulfonamides is 1. The van der Waals surface area contributed by atoms with Crippen LogP contribution in [0.2, 0.25) is 0 Å². The number of hydrogen-bond donors (Lipinski definition) is 1. The first-order chi connectivity index (χ1) is 12.9. The summed E-state index contributed by atoms with van der Waals surface area (Å²) in [5, 5.41) is 11.0. The molecule has 0 amide bonds. The van der Waals surface area contributed by atoms with Crippen LogP contribution in [0.1, 0.15) is 20.1 Å². The Kier molecular flexibility index (Phi) is 5.45. The number of rotatable bonds is 7. The molecule has 0 saturated heterocycles. The van der Waals surface area contributed by atoms with Gasteiger partial charge in [-0.1, -0.05) is 42.5 Å². The lowest BCUT2D eigenvalue weighted by Crippen LogP contribution is -2.23. The zero-order valence-electron chi connectivity index (χ0n) is 13.9. The van der Waals surface area contributed by atoms with E-state index in [0.717, 1.165) is 6.07 Å². The van der Waals surface area contributed by atoms with Crippen molar-refractivity contribution in [1.82, 2.24) is 4.72 Å². The van der Waals surface area contributed by atoms with Gasteiger partial charge >= 0.3 is 0 Å². The molecule has 2 aromatic carbocycles. The van der Waals surface area contributed by atoms with Crippen molar-refractivity contribution in [1.29, 1.82) is 0 Å². The average Bonchev–Trinajstić information content (AvgIpc) is 3.15. The Labute approximate surface area is 159 Å². The van der Waals surface area contributed by atoms with Gasteiger partial charge in [0.15, 0.2) is 4.90 Å². The third-order valence-electron chi connectivity index (χ3n) is 3.71. The third-order valence-corrected chi connectivity index (χ3v) is 6.24. The van der Waals surface area contributed by atoms with Crippen molar-refractivity contribution in [3.8, 4) is 0 Å². The largest absolute Gasteiger partial charge is 0.289 e. The molecule has 0 atom stereocenters. The van der Waals surface area contributed by atoms with Crippen LogP contribution in [-0.2, 0) is 16.6 Å². The summed E-state index contributed by atoms with van der Waals surface area (Å²) in [5.41, 5.74) is 0.0579. The molecule has 7 nitrogen and oxygen atoms in total. The minimum absolute atomic E-state index is 0.0683. The lowest BCUT2D eigenvalue weighted by atomic mass is 10.1. The van der Waals surface area contributed by atoms with E-state index in [1.54, 1.807) is 36.4 Å². The van der Waals surface area contributed by atoms with E-state index in [4.69, 9.17) is 0 Å². The topological polar surface area (TPSA) is 106 Å². The highest BCUT2D eigenvalue weighted by Crippen LogP contribution is 2.24. The summed E-state index contributed by atoms with van der Waals surface area (Å²) in [6, 6.07) is 17.2. The quantitative estimate of drug-likeness (QED) is 0.370. The van der Waals surface area contributed by atoms with E-state index in [2.05, 4.69) is 4.72 Å². The molecular weight excluding hydrogens is 388 g/mol. The van der Waals surface area contributed by atoms with Crippen LogP contribution in [0, 0.1) is 10.1 Å². The summed E-state index contributed by atoms with van der Waals surface area (Å²) in [6.45, 7) is -0.0683. The van der Waals surface area contributed by atoms with Crippen molar-refractivity contribution in [3.05, 3.63) is 92.2 Å². The summed E-state index contributed by atoms with van der Waals surface area (Å²) >= 11 is 1.17. The molecule has 1 heterocycles. The van der Waals surface area contributed by atoms with Crippen molar-refractivity contribution in [3.63, 3.8) is 0 Å². The lowest BCUT2D eigenvalue weighted by molar-refractivity contribution is -0.387.